The van der Waals surface area contributed by atoms with Crippen molar-refractivity contribution in [2.24, 2.45) is 41.4 Å². The number of hydrogen-bond donors (Lipinski definition) is 5. The highest BCUT2D eigenvalue weighted by atomic mass is 16.7. The zero-order valence-electron chi connectivity index (χ0n) is 38.6. The van der Waals surface area contributed by atoms with E-state index in [0.717, 1.165) is 30.4 Å². The lowest BCUT2D eigenvalue weighted by atomic mass is 9.81. The normalized spacial score (nSPS) is 40.7. The number of hydrogen-bond acceptors (Lipinski definition) is 13. The summed E-state index contributed by atoms with van der Waals surface area (Å²) < 4.78 is 30.7. The van der Waals surface area contributed by atoms with Crippen molar-refractivity contribution < 1.29 is 58.5 Å². The number of allylic oxidation sites excluding steroid dienone is 6. The van der Waals surface area contributed by atoms with Crippen molar-refractivity contribution in [1.29, 1.82) is 0 Å². The molecule has 3 aliphatic heterocycles. The summed E-state index contributed by atoms with van der Waals surface area (Å²) in [6.45, 7) is 23.0. The number of cyclic esters (lactones) is 1. The average Bonchev–Trinajstić information content (AvgIpc) is 3.18. The zero-order valence-corrected chi connectivity index (χ0v) is 38.6. The Hall–Kier alpha value is -2.72. The van der Waals surface area contributed by atoms with Crippen LogP contribution in [0.25, 0.3) is 0 Å². The lowest BCUT2D eigenvalue weighted by Gasteiger charge is -2.47. The molecule has 6 N–H and O–H groups in total. The Morgan fingerprint density at radius 3 is 2.37 bits per heavy atom. The molecule has 344 valence electrons. The average molecular weight is 850 g/mol. The predicted octanol–water partition coefficient (Wildman–Crippen LogP) is 6.78. The van der Waals surface area contributed by atoms with Gasteiger partial charge in [-0.05, 0) is 65.4 Å². The SMILES string of the molecule is C/C=C/[C@H]1OC(O)(CC(O)C(C)[C@H]2OC(=O)/C(C)=C/C(C)=C/C(C)C(O)C(CC)C[C@H](C)C/C(C)=C/C=C/[C@@H]2OC)CC(OC2CC(O)C(C(=O)ON)C(C)O2)C1C.CC. The van der Waals surface area contributed by atoms with E-state index in [0.29, 0.717) is 11.5 Å². The lowest BCUT2D eigenvalue weighted by Crippen LogP contribution is -2.55. The topological polar surface area (TPSA) is 196 Å². The number of aliphatic hydroxyl groups excluding tert-OH is 3. The van der Waals surface area contributed by atoms with Gasteiger partial charge < -0.3 is 48.9 Å². The van der Waals surface area contributed by atoms with E-state index in [4.69, 9.17) is 29.6 Å². The summed E-state index contributed by atoms with van der Waals surface area (Å²) >= 11 is 0. The third-order valence-electron chi connectivity index (χ3n) is 12.2. The molecule has 0 saturated carbocycles. The van der Waals surface area contributed by atoms with Gasteiger partial charge >= 0.3 is 11.9 Å². The fraction of sp³-hybridized carbons (Fsp3) is 0.745. The second-order valence-electron chi connectivity index (χ2n) is 17.2. The number of nitrogens with two attached hydrogens (primary N) is 1. The smallest absolute Gasteiger partial charge is 0.334 e. The van der Waals surface area contributed by atoms with Gasteiger partial charge in [-0.3, -0.25) is 0 Å². The first-order chi connectivity index (χ1) is 28.3. The standard InChI is InChI=1S/C45H73NO12.C2H6/c1-12-15-36-31(9)38(55-39-22-34(47)40(32(10)54-39)44(51)58-46)24-45(52,57-36)23-35(48)30(8)42-37(53-11)17-14-16-25(3)18-26(4)21-33(13-2)41(49)28(6)19-27(5)20-29(7)43(50)56-42;1-2/h12,14-17,19-20,26,28,30-42,47-49,52H,13,18,21-24,46H2,1-11H3;1-2H3/b15-12+,17-14+,25-16+,27-19+,29-20+;/t26-,28?,30?,31?,32?,33?,34?,35?,36-,37+,38?,39?,40?,41?,42-,45?;/m1./s1. The van der Waals surface area contributed by atoms with Crippen molar-refractivity contribution in [2.75, 3.05) is 7.11 Å². The number of aliphatic hydroxyl groups is 4. The zero-order chi connectivity index (χ0) is 45.5. The summed E-state index contributed by atoms with van der Waals surface area (Å²) in [5.74, 6) is 0.134. The number of carbonyl (C=O) groups is 2. The maximum atomic E-state index is 13.7. The van der Waals surface area contributed by atoms with Crippen LogP contribution in [0.2, 0.25) is 0 Å². The number of carbonyl (C=O) groups excluding carboxylic acids is 2. The minimum absolute atomic E-state index is 0.0310. The third kappa shape index (κ3) is 15.3. The number of methoxy groups -OCH3 is 1. The minimum Gasteiger partial charge on any atom is -0.456 e. The molecule has 0 aliphatic carbocycles. The fourth-order valence-corrected chi connectivity index (χ4v) is 8.80. The van der Waals surface area contributed by atoms with Gasteiger partial charge in [-0.25, -0.2) is 9.59 Å². The Morgan fingerprint density at radius 1 is 1.12 bits per heavy atom. The number of ether oxygens (including phenoxy) is 5. The van der Waals surface area contributed by atoms with E-state index < -0.39 is 84.7 Å². The molecule has 16 atom stereocenters. The van der Waals surface area contributed by atoms with Crippen LogP contribution in [0.4, 0.5) is 0 Å². The van der Waals surface area contributed by atoms with E-state index >= 15 is 0 Å². The van der Waals surface area contributed by atoms with Crippen LogP contribution >= 0.6 is 0 Å². The Bertz CT molecular complexity index is 1480. The number of rotatable bonds is 10. The highest BCUT2D eigenvalue weighted by Gasteiger charge is 2.49. The third-order valence-corrected chi connectivity index (χ3v) is 12.2. The van der Waals surface area contributed by atoms with Crippen molar-refractivity contribution in [3.8, 4) is 0 Å². The Labute approximate surface area is 360 Å². The molecule has 13 heteroatoms. The molecule has 2 saturated heterocycles. The van der Waals surface area contributed by atoms with E-state index in [9.17, 15) is 30.0 Å². The molecule has 0 amide bonds. The molecule has 0 aromatic carbocycles. The molecule has 0 spiro atoms. The van der Waals surface area contributed by atoms with Gasteiger partial charge in [0.25, 0.3) is 0 Å². The van der Waals surface area contributed by atoms with Crippen LogP contribution in [-0.2, 0) is 38.1 Å². The highest BCUT2D eigenvalue weighted by molar-refractivity contribution is 5.88. The summed E-state index contributed by atoms with van der Waals surface area (Å²) in [6.07, 6.45) is 7.68. The van der Waals surface area contributed by atoms with E-state index in [1.54, 1.807) is 45.1 Å². The van der Waals surface area contributed by atoms with Crippen LogP contribution in [0.5, 0.6) is 0 Å². The molecule has 13 nitrogen and oxygen atoms in total. The molecule has 0 aromatic rings. The Balaban J connectivity index is 0.00000610. The monoisotopic (exact) mass is 850 g/mol. The Kier molecular flexibility index (Phi) is 22.6. The van der Waals surface area contributed by atoms with Crippen LogP contribution < -0.4 is 5.90 Å². The van der Waals surface area contributed by atoms with Gasteiger partial charge in [0.15, 0.2) is 12.1 Å². The highest BCUT2D eigenvalue weighted by Crippen LogP contribution is 2.40. The van der Waals surface area contributed by atoms with Crippen LogP contribution in [0.15, 0.2) is 59.3 Å². The molecule has 12 unspecified atom stereocenters. The van der Waals surface area contributed by atoms with Crippen molar-refractivity contribution in [1.82, 2.24) is 0 Å². The first-order valence-electron chi connectivity index (χ1n) is 22.0. The van der Waals surface area contributed by atoms with Crippen molar-refractivity contribution in [3.05, 3.63) is 59.3 Å². The van der Waals surface area contributed by atoms with Gasteiger partial charge in [0.05, 0.1) is 36.6 Å². The molecule has 0 bridgehead atoms. The van der Waals surface area contributed by atoms with Gasteiger partial charge in [0.2, 0.25) is 0 Å². The molecular formula is C47H79NO12. The summed E-state index contributed by atoms with van der Waals surface area (Å²) in [6, 6.07) is 0. The number of esters is 1. The van der Waals surface area contributed by atoms with Gasteiger partial charge in [-0.2, -0.15) is 5.90 Å². The van der Waals surface area contributed by atoms with Crippen molar-refractivity contribution >= 4 is 11.9 Å². The Morgan fingerprint density at radius 2 is 1.78 bits per heavy atom. The second-order valence-corrected chi connectivity index (χ2v) is 17.2. The van der Waals surface area contributed by atoms with Gasteiger partial charge in [-0.1, -0.05) is 102 Å². The van der Waals surface area contributed by atoms with E-state index in [1.165, 1.54) is 7.11 Å². The first kappa shape index (κ1) is 53.4. The molecule has 3 aliphatic rings. The van der Waals surface area contributed by atoms with E-state index in [-0.39, 0.29) is 37.0 Å². The van der Waals surface area contributed by atoms with Gasteiger partial charge in [0.1, 0.15) is 18.1 Å². The molecule has 0 aromatic heterocycles. The fourth-order valence-electron chi connectivity index (χ4n) is 8.80. The maximum Gasteiger partial charge on any atom is 0.334 e. The molecule has 3 heterocycles. The molecule has 0 radical (unpaired) electrons. The van der Waals surface area contributed by atoms with Crippen LogP contribution in [0, 0.1) is 35.5 Å². The summed E-state index contributed by atoms with van der Waals surface area (Å²) in [4.78, 5) is 30.3. The second kappa shape index (κ2) is 25.4. The van der Waals surface area contributed by atoms with E-state index in [2.05, 4.69) is 25.6 Å². The van der Waals surface area contributed by atoms with Crippen LogP contribution in [0.3, 0.4) is 0 Å². The van der Waals surface area contributed by atoms with Crippen LogP contribution in [-0.4, -0.2) is 100 Å². The molecule has 60 heavy (non-hydrogen) atoms. The first-order valence-corrected chi connectivity index (χ1v) is 22.0. The van der Waals surface area contributed by atoms with Crippen molar-refractivity contribution in [2.45, 2.75) is 183 Å². The summed E-state index contributed by atoms with van der Waals surface area (Å²) in [5.41, 5.74) is 2.30. The largest absolute Gasteiger partial charge is 0.456 e. The molecule has 3 rings (SSSR count). The summed E-state index contributed by atoms with van der Waals surface area (Å²) in [5, 5.41) is 46.0. The minimum atomic E-state index is -1.88. The quantitative estimate of drug-likeness (QED) is 0.0878. The maximum absolute atomic E-state index is 13.7. The predicted molar refractivity (Wildman–Crippen MR) is 232 cm³/mol. The van der Waals surface area contributed by atoms with Crippen LogP contribution in [0.1, 0.15) is 122 Å². The summed E-state index contributed by atoms with van der Waals surface area (Å²) in [7, 11) is 1.52. The van der Waals surface area contributed by atoms with E-state index in [1.807, 2.05) is 59.8 Å². The lowest BCUT2D eigenvalue weighted by molar-refractivity contribution is -0.321. The molecule has 2 fully saturated rings. The van der Waals surface area contributed by atoms with Gasteiger partial charge in [-0.15, -0.1) is 0 Å². The van der Waals surface area contributed by atoms with Crippen molar-refractivity contribution in [3.63, 3.8) is 0 Å². The molecular weight excluding hydrogens is 771 g/mol. The van der Waals surface area contributed by atoms with Gasteiger partial charge in [0, 0.05) is 49.7 Å².